The number of aromatic nitrogens is 3. The van der Waals surface area contributed by atoms with Crippen LogP contribution in [0.2, 0.25) is 0 Å². The van der Waals surface area contributed by atoms with Crippen molar-refractivity contribution < 1.29 is 9.53 Å². The van der Waals surface area contributed by atoms with Gasteiger partial charge in [0, 0.05) is 63.0 Å². The molecule has 0 N–H and O–H groups in total. The Balaban J connectivity index is 1.57. The monoisotopic (exact) mass is 419 g/mol. The molecule has 1 atom stereocenters. The van der Waals surface area contributed by atoms with E-state index in [4.69, 9.17) is 9.72 Å². The molecule has 1 aromatic carbocycles. The minimum absolute atomic E-state index is 0.0325. The fourth-order valence-corrected chi connectivity index (χ4v) is 3.81. The largest absolute Gasteiger partial charge is 0.369 e. The van der Waals surface area contributed by atoms with Crippen molar-refractivity contribution in [2.24, 2.45) is 0 Å². The minimum Gasteiger partial charge on any atom is -0.369 e. The highest BCUT2D eigenvalue weighted by Crippen LogP contribution is 2.27. The van der Waals surface area contributed by atoms with Crippen molar-refractivity contribution in [1.82, 2.24) is 24.8 Å². The maximum Gasteiger partial charge on any atom is 0.254 e. The van der Waals surface area contributed by atoms with Crippen LogP contribution in [0.5, 0.6) is 0 Å². The van der Waals surface area contributed by atoms with Crippen LogP contribution in [-0.4, -0.2) is 64.5 Å². The van der Waals surface area contributed by atoms with Crippen molar-refractivity contribution in [3.8, 4) is 0 Å². The predicted octanol–water partition coefficient (Wildman–Crippen LogP) is 3.42. The molecular weight excluding hydrogens is 390 g/mol. The minimum atomic E-state index is -0.192. The van der Waals surface area contributed by atoms with Crippen LogP contribution in [0.1, 0.15) is 53.3 Å². The summed E-state index contributed by atoms with van der Waals surface area (Å²) in [5, 5.41) is 0.861. The highest BCUT2D eigenvalue weighted by molar-refractivity contribution is 6.06. The van der Waals surface area contributed by atoms with Gasteiger partial charge >= 0.3 is 0 Å². The van der Waals surface area contributed by atoms with E-state index in [1.54, 1.807) is 19.0 Å². The second-order valence-electron chi connectivity index (χ2n) is 8.51. The molecular formula is C24H29N5O2. The lowest BCUT2D eigenvalue weighted by Crippen LogP contribution is -2.38. The van der Waals surface area contributed by atoms with Gasteiger partial charge in [0.1, 0.15) is 11.9 Å². The van der Waals surface area contributed by atoms with Crippen molar-refractivity contribution >= 4 is 16.8 Å². The summed E-state index contributed by atoms with van der Waals surface area (Å²) in [6.45, 7) is 7.09. The third-order valence-electron chi connectivity index (χ3n) is 5.50. The van der Waals surface area contributed by atoms with Crippen LogP contribution in [0.25, 0.3) is 10.9 Å². The molecule has 4 rings (SSSR count). The van der Waals surface area contributed by atoms with Gasteiger partial charge in [-0.05, 0) is 12.1 Å². The summed E-state index contributed by atoms with van der Waals surface area (Å²) >= 11 is 0. The van der Waals surface area contributed by atoms with Crippen LogP contribution in [0, 0.1) is 0 Å². The molecule has 0 saturated carbocycles. The van der Waals surface area contributed by atoms with Gasteiger partial charge in [-0.3, -0.25) is 9.69 Å². The van der Waals surface area contributed by atoms with E-state index in [1.165, 1.54) is 0 Å². The van der Waals surface area contributed by atoms with Crippen molar-refractivity contribution in [2.75, 3.05) is 33.8 Å². The molecule has 7 nitrogen and oxygen atoms in total. The molecule has 1 saturated heterocycles. The predicted molar refractivity (Wildman–Crippen MR) is 120 cm³/mol. The molecule has 3 heterocycles. The Morgan fingerprint density at radius 1 is 1.23 bits per heavy atom. The van der Waals surface area contributed by atoms with Crippen molar-refractivity contribution in [3.63, 3.8) is 0 Å². The zero-order chi connectivity index (χ0) is 22.0. The molecule has 162 valence electrons. The van der Waals surface area contributed by atoms with Gasteiger partial charge in [-0.2, -0.15) is 0 Å². The van der Waals surface area contributed by atoms with Crippen LogP contribution in [0.15, 0.2) is 42.7 Å². The fourth-order valence-electron chi connectivity index (χ4n) is 3.81. The number of rotatable bonds is 5. The Kier molecular flexibility index (Phi) is 6.25. The van der Waals surface area contributed by atoms with Crippen LogP contribution in [-0.2, 0) is 11.3 Å². The number of hydrogen-bond donors (Lipinski definition) is 0. The maximum absolute atomic E-state index is 12.8. The average molecular weight is 420 g/mol. The highest BCUT2D eigenvalue weighted by Gasteiger charge is 2.25. The van der Waals surface area contributed by atoms with Gasteiger partial charge in [0.2, 0.25) is 0 Å². The second kappa shape index (κ2) is 9.08. The Morgan fingerprint density at radius 2 is 1.97 bits per heavy atom. The van der Waals surface area contributed by atoms with E-state index in [0.717, 1.165) is 41.1 Å². The summed E-state index contributed by atoms with van der Waals surface area (Å²) in [4.78, 5) is 30.5. The molecule has 2 aromatic heterocycles. The van der Waals surface area contributed by atoms with E-state index in [1.807, 2.05) is 42.7 Å². The SMILES string of the molecule is CC(C)c1ncc(CN2CCO[C@H](c3cc(C(=O)N(C)C)c4ccccc4n3)C2)cn1. The Labute approximate surface area is 183 Å². The molecule has 7 heteroatoms. The van der Waals surface area contributed by atoms with Gasteiger partial charge in [-0.25, -0.2) is 15.0 Å². The van der Waals surface area contributed by atoms with Crippen LogP contribution < -0.4 is 0 Å². The molecule has 1 fully saturated rings. The maximum atomic E-state index is 12.8. The third-order valence-corrected chi connectivity index (χ3v) is 5.50. The fraction of sp³-hybridized carbons (Fsp3) is 0.417. The molecule has 0 unspecified atom stereocenters. The quantitative estimate of drug-likeness (QED) is 0.631. The molecule has 3 aromatic rings. The van der Waals surface area contributed by atoms with E-state index in [9.17, 15) is 4.79 Å². The molecule has 0 bridgehead atoms. The van der Waals surface area contributed by atoms with Crippen LogP contribution in [0.3, 0.4) is 0 Å². The number of fused-ring (bicyclic) bond motifs is 1. The van der Waals surface area contributed by atoms with E-state index >= 15 is 0 Å². The molecule has 1 aliphatic rings. The molecule has 0 radical (unpaired) electrons. The lowest BCUT2D eigenvalue weighted by atomic mass is 10.0. The summed E-state index contributed by atoms with van der Waals surface area (Å²) < 4.78 is 6.07. The summed E-state index contributed by atoms with van der Waals surface area (Å²) in [5.74, 6) is 1.15. The van der Waals surface area contributed by atoms with Gasteiger partial charge < -0.3 is 9.64 Å². The third kappa shape index (κ3) is 4.73. The van der Waals surface area contributed by atoms with Crippen molar-refractivity contribution in [3.05, 3.63) is 65.4 Å². The zero-order valence-electron chi connectivity index (χ0n) is 18.6. The number of carbonyl (C=O) groups excluding carboxylic acids is 1. The van der Waals surface area contributed by atoms with Crippen molar-refractivity contribution in [1.29, 1.82) is 0 Å². The summed E-state index contributed by atoms with van der Waals surface area (Å²) in [7, 11) is 3.53. The molecule has 0 aliphatic carbocycles. The second-order valence-corrected chi connectivity index (χ2v) is 8.51. The van der Waals surface area contributed by atoms with Gasteiger partial charge in [0.25, 0.3) is 5.91 Å². The molecule has 1 aliphatic heterocycles. The Hall–Kier alpha value is -2.90. The number of morpholine rings is 1. The van der Waals surface area contributed by atoms with Crippen molar-refractivity contribution in [2.45, 2.75) is 32.4 Å². The molecule has 0 spiro atoms. The van der Waals surface area contributed by atoms with Gasteiger partial charge in [-0.1, -0.05) is 32.0 Å². The number of benzene rings is 1. The van der Waals surface area contributed by atoms with Gasteiger partial charge in [0.05, 0.1) is 23.4 Å². The number of ether oxygens (including phenoxy) is 1. The van der Waals surface area contributed by atoms with E-state index < -0.39 is 0 Å². The first-order valence-corrected chi connectivity index (χ1v) is 10.7. The summed E-state index contributed by atoms with van der Waals surface area (Å²) in [5.41, 5.74) is 3.34. The number of nitrogens with zero attached hydrogens (tertiary/aromatic N) is 5. The van der Waals surface area contributed by atoms with E-state index in [2.05, 4.69) is 28.7 Å². The zero-order valence-corrected chi connectivity index (χ0v) is 18.6. The first kappa shape index (κ1) is 21.3. The lowest BCUT2D eigenvalue weighted by molar-refractivity contribution is -0.0349. The summed E-state index contributed by atoms with van der Waals surface area (Å²) in [6, 6.07) is 9.65. The first-order chi connectivity index (χ1) is 14.9. The number of amides is 1. The number of hydrogen-bond acceptors (Lipinski definition) is 6. The first-order valence-electron chi connectivity index (χ1n) is 10.7. The number of carbonyl (C=O) groups is 1. The Morgan fingerprint density at radius 3 is 2.68 bits per heavy atom. The van der Waals surface area contributed by atoms with Gasteiger partial charge in [0.15, 0.2) is 0 Å². The van der Waals surface area contributed by atoms with E-state index in [0.29, 0.717) is 24.6 Å². The number of pyridine rings is 1. The molecule has 31 heavy (non-hydrogen) atoms. The highest BCUT2D eigenvalue weighted by atomic mass is 16.5. The Bertz CT molecular complexity index is 1070. The summed E-state index contributed by atoms with van der Waals surface area (Å²) in [6.07, 6.45) is 3.63. The van der Waals surface area contributed by atoms with E-state index in [-0.39, 0.29) is 12.0 Å². The topological polar surface area (TPSA) is 71.5 Å². The number of para-hydroxylation sites is 1. The normalized spacial score (nSPS) is 17.3. The standard InChI is InChI=1S/C24H29N5O2/c1-16(2)23-25-12-17(13-26-23)14-29-9-10-31-22(15-29)21-11-19(24(30)28(3)4)18-7-5-6-8-20(18)27-21/h5-8,11-13,16,22H,9-10,14-15H2,1-4H3/t22-/m0/s1. The average Bonchev–Trinajstić information content (AvgIpc) is 2.78. The van der Waals surface area contributed by atoms with Crippen LogP contribution >= 0.6 is 0 Å². The smallest absolute Gasteiger partial charge is 0.254 e. The molecule has 1 amide bonds. The lowest BCUT2D eigenvalue weighted by Gasteiger charge is -2.32. The van der Waals surface area contributed by atoms with Crippen LogP contribution in [0.4, 0.5) is 0 Å². The van der Waals surface area contributed by atoms with Gasteiger partial charge in [-0.15, -0.1) is 0 Å².